The number of fused-ring (bicyclic) bond motifs is 1. The Morgan fingerprint density at radius 3 is 2.82 bits per heavy atom. The summed E-state index contributed by atoms with van der Waals surface area (Å²) in [6.45, 7) is 0.298. The number of halogens is 1. The fourth-order valence-corrected chi connectivity index (χ4v) is 3.49. The average Bonchev–Trinajstić information content (AvgIpc) is 2.70. The Morgan fingerprint density at radius 1 is 1.18 bits per heavy atom. The lowest BCUT2D eigenvalue weighted by atomic mass is 10.2. The number of hydrogen-bond acceptors (Lipinski definition) is 6. The van der Waals surface area contributed by atoms with Crippen LogP contribution >= 0.6 is 23.4 Å². The SMILES string of the molecule is O=C(COC(=O)CSCc1cccc(Cl)c1)NCC1COc2ccccc2O1. The van der Waals surface area contributed by atoms with E-state index in [4.69, 9.17) is 25.8 Å². The lowest BCUT2D eigenvalue weighted by Crippen LogP contribution is -2.42. The molecule has 148 valence electrons. The van der Waals surface area contributed by atoms with Gasteiger partial charge in [0, 0.05) is 10.8 Å². The number of nitrogens with one attached hydrogen (secondary N) is 1. The van der Waals surface area contributed by atoms with Crippen molar-refractivity contribution in [2.75, 3.05) is 25.5 Å². The molecule has 6 nitrogen and oxygen atoms in total. The molecule has 0 saturated carbocycles. The van der Waals surface area contributed by atoms with Crippen LogP contribution in [0.5, 0.6) is 11.5 Å². The Bertz CT molecular complexity index is 832. The number of rotatable bonds is 8. The zero-order valence-electron chi connectivity index (χ0n) is 15.1. The molecular formula is C20H20ClNO5S. The molecule has 2 aromatic carbocycles. The van der Waals surface area contributed by atoms with E-state index in [0.717, 1.165) is 5.56 Å². The maximum atomic E-state index is 11.9. The Morgan fingerprint density at radius 2 is 2.00 bits per heavy atom. The van der Waals surface area contributed by atoms with Crippen LogP contribution in [0.4, 0.5) is 0 Å². The number of amides is 1. The molecule has 0 bridgehead atoms. The highest BCUT2D eigenvalue weighted by atomic mass is 35.5. The quantitative estimate of drug-likeness (QED) is 0.660. The molecule has 0 saturated heterocycles. The molecular weight excluding hydrogens is 402 g/mol. The van der Waals surface area contributed by atoms with Crippen LogP contribution in [-0.2, 0) is 20.1 Å². The first kappa shape index (κ1) is 20.4. The lowest BCUT2D eigenvalue weighted by molar-refractivity contribution is -0.146. The first-order valence-corrected chi connectivity index (χ1v) is 10.3. The molecule has 0 spiro atoms. The predicted molar refractivity (Wildman–Crippen MR) is 108 cm³/mol. The molecule has 1 N–H and O–H groups in total. The zero-order chi connectivity index (χ0) is 19.8. The molecule has 0 aliphatic carbocycles. The monoisotopic (exact) mass is 421 g/mol. The summed E-state index contributed by atoms with van der Waals surface area (Å²) in [5.41, 5.74) is 1.03. The normalized spacial score (nSPS) is 15.0. The predicted octanol–water partition coefficient (Wildman–Crippen LogP) is 3.07. The van der Waals surface area contributed by atoms with Gasteiger partial charge >= 0.3 is 5.97 Å². The molecule has 3 rings (SSSR count). The number of para-hydroxylation sites is 2. The molecule has 8 heteroatoms. The summed E-state index contributed by atoms with van der Waals surface area (Å²) in [5.74, 6) is 1.33. The minimum Gasteiger partial charge on any atom is -0.486 e. The van der Waals surface area contributed by atoms with Gasteiger partial charge in [-0.2, -0.15) is 0 Å². The number of ether oxygens (including phenoxy) is 3. The molecule has 1 aliphatic rings. The van der Waals surface area contributed by atoms with E-state index in [2.05, 4.69) is 5.32 Å². The van der Waals surface area contributed by atoms with Crippen molar-refractivity contribution in [1.82, 2.24) is 5.32 Å². The smallest absolute Gasteiger partial charge is 0.316 e. The summed E-state index contributed by atoms with van der Waals surface area (Å²) in [6, 6.07) is 14.8. The van der Waals surface area contributed by atoms with Gasteiger partial charge < -0.3 is 19.5 Å². The molecule has 28 heavy (non-hydrogen) atoms. The van der Waals surface area contributed by atoms with Gasteiger partial charge in [0.25, 0.3) is 5.91 Å². The highest BCUT2D eigenvalue weighted by Gasteiger charge is 2.21. The van der Waals surface area contributed by atoms with Gasteiger partial charge in [0.2, 0.25) is 0 Å². The van der Waals surface area contributed by atoms with E-state index < -0.39 is 5.97 Å². The number of hydrogen-bond donors (Lipinski definition) is 1. The average molecular weight is 422 g/mol. The molecule has 1 atom stereocenters. The van der Waals surface area contributed by atoms with Crippen molar-refractivity contribution in [2.24, 2.45) is 0 Å². The maximum absolute atomic E-state index is 11.9. The number of esters is 1. The van der Waals surface area contributed by atoms with Gasteiger partial charge in [-0.25, -0.2) is 0 Å². The summed E-state index contributed by atoms with van der Waals surface area (Å²) in [6.07, 6.45) is -0.289. The van der Waals surface area contributed by atoms with Gasteiger partial charge in [-0.3, -0.25) is 9.59 Å². The van der Waals surface area contributed by atoms with Crippen LogP contribution in [0.1, 0.15) is 5.56 Å². The Labute approximate surface area is 172 Å². The van der Waals surface area contributed by atoms with Crippen LogP contribution in [0.2, 0.25) is 5.02 Å². The lowest BCUT2D eigenvalue weighted by Gasteiger charge is -2.26. The van der Waals surface area contributed by atoms with Crippen molar-refractivity contribution in [1.29, 1.82) is 0 Å². The van der Waals surface area contributed by atoms with Crippen LogP contribution in [0.3, 0.4) is 0 Å². The minimum atomic E-state index is -0.437. The number of carbonyl (C=O) groups excluding carboxylic acids is 2. The van der Waals surface area contributed by atoms with E-state index >= 15 is 0 Å². The fraction of sp³-hybridized carbons (Fsp3) is 0.300. The number of thioether (sulfide) groups is 1. The number of carbonyl (C=O) groups is 2. The second-order valence-electron chi connectivity index (χ2n) is 6.09. The molecule has 2 aromatic rings. The van der Waals surface area contributed by atoms with E-state index in [9.17, 15) is 9.59 Å². The molecule has 0 aromatic heterocycles. The molecule has 1 heterocycles. The van der Waals surface area contributed by atoms with Crippen LogP contribution in [0.25, 0.3) is 0 Å². The van der Waals surface area contributed by atoms with Gasteiger partial charge in [0.15, 0.2) is 18.1 Å². The first-order chi connectivity index (χ1) is 13.6. The highest BCUT2D eigenvalue weighted by molar-refractivity contribution is 7.99. The number of benzene rings is 2. The van der Waals surface area contributed by atoms with Crippen molar-refractivity contribution in [2.45, 2.75) is 11.9 Å². The van der Waals surface area contributed by atoms with Crippen molar-refractivity contribution >= 4 is 35.2 Å². The minimum absolute atomic E-state index is 0.163. The van der Waals surface area contributed by atoms with Gasteiger partial charge in [0.1, 0.15) is 12.7 Å². The highest BCUT2D eigenvalue weighted by Crippen LogP contribution is 2.30. The second-order valence-corrected chi connectivity index (χ2v) is 7.51. The summed E-state index contributed by atoms with van der Waals surface area (Å²) in [4.78, 5) is 23.6. The standard InChI is InChI=1S/C20H20ClNO5S/c21-15-5-3-4-14(8-15)12-28-13-20(24)26-11-19(23)22-9-16-10-25-17-6-1-2-7-18(17)27-16/h1-8,16H,9-13H2,(H,22,23). The molecule has 1 aliphatic heterocycles. The molecule has 1 unspecified atom stereocenters. The third kappa shape index (κ3) is 6.35. The van der Waals surface area contributed by atoms with Gasteiger partial charge in [0.05, 0.1) is 12.3 Å². The van der Waals surface area contributed by atoms with Crippen molar-refractivity contribution in [3.63, 3.8) is 0 Å². The van der Waals surface area contributed by atoms with Gasteiger partial charge in [-0.1, -0.05) is 35.9 Å². The van der Waals surface area contributed by atoms with Crippen LogP contribution < -0.4 is 14.8 Å². The van der Waals surface area contributed by atoms with Gasteiger partial charge in [-0.05, 0) is 29.8 Å². The summed E-state index contributed by atoms with van der Waals surface area (Å²) < 4.78 is 16.3. The Hall–Kier alpha value is -2.38. The molecule has 1 amide bonds. The van der Waals surface area contributed by atoms with E-state index in [0.29, 0.717) is 28.9 Å². The third-order valence-electron chi connectivity index (χ3n) is 3.84. The maximum Gasteiger partial charge on any atom is 0.316 e. The van der Waals surface area contributed by atoms with Crippen LogP contribution in [0, 0.1) is 0 Å². The van der Waals surface area contributed by atoms with Gasteiger partial charge in [-0.15, -0.1) is 11.8 Å². The van der Waals surface area contributed by atoms with Crippen molar-refractivity contribution in [3.8, 4) is 11.5 Å². The van der Waals surface area contributed by atoms with E-state index in [1.54, 1.807) is 6.07 Å². The first-order valence-electron chi connectivity index (χ1n) is 8.73. The van der Waals surface area contributed by atoms with Crippen molar-refractivity contribution < 1.29 is 23.8 Å². The molecule has 0 fully saturated rings. The summed E-state index contributed by atoms with van der Waals surface area (Å²) in [5, 5.41) is 3.34. The summed E-state index contributed by atoms with van der Waals surface area (Å²) in [7, 11) is 0. The Kier molecular flexibility index (Phi) is 7.45. The topological polar surface area (TPSA) is 73.9 Å². The fourth-order valence-electron chi connectivity index (χ4n) is 2.51. The van der Waals surface area contributed by atoms with Crippen molar-refractivity contribution in [3.05, 3.63) is 59.1 Å². The largest absolute Gasteiger partial charge is 0.486 e. The van der Waals surface area contributed by atoms with Crippen LogP contribution in [-0.4, -0.2) is 43.5 Å². The second kappa shape index (κ2) is 10.2. The zero-order valence-corrected chi connectivity index (χ0v) is 16.6. The van der Waals surface area contributed by atoms with Crippen LogP contribution in [0.15, 0.2) is 48.5 Å². The van der Waals surface area contributed by atoms with E-state index in [1.807, 2.05) is 42.5 Å². The van der Waals surface area contributed by atoms with E-state index in [-0.39, 0.29) is 30.9 Å². The van der Waals surface area contributed by atoms with E-state index in [1.165, 1.54) is 11.8 Å². The third-order valence-corrected chi connectivity index (χ3v) is 5.05. The molecule has 0 radical (unpaired) electrons. The Balaban J connectivity index is 1.29. The summed E-state index contributed by atoms with van der Waals surface area (Å²) >= 11 is 7.32.